The van der Waals surface area contributed by atoms with Crippen molar-refractivity contribution in [1.82, 2.24) is 19.7 Å². The van der Waals surface area contributed by atoms with E-state index in [-0.39, 0.29) is 11.4 Å². The van der Waals surface area contributed by atoms with Gasteiger partial charge in [0.25, 0.3) is 0 Å². The molecule has 1 fully saturated rings. The number of nitrogens with one attached hydrogen (secondary N) is 1. The van der Waals surface area contributed by atoms with Gasteiger partial charge in [0.05, 0.1) is 11.1 Å². The maximum Gasteiger partial charge on any atom is 0.137 e. The molecular weight excluding hydrogens is 329 g/mol. The number of aryl methyl sites for hydroxylation is 2. The van der Waals surface area contributed by atoms with E-state index in [1.54, 1.807) is 18.7 Å². The molecule has 0 aliphatic heterocycles. The van der Waals surface area contributed by atoms with E-state index in [4.69, 9.17) is 4.98 Å². The van der Waals surface area contributed by atoms with E-state index in [1.165, 1.54) is 12.0 Å². The van der Waals surface area contributed by atoms with Gasteiger partial charge in [-0.25, -0.2) is 14.1 Å². The van der Waals surface area contributed by atoms with Crippen molar-refractivity contribution in [3.05, 3.63) is 47.4 Å². The van der Waals surface area contributed by atoms with Gasteiger partial charge in [-0.3, -0.25) is 4.98 Å². The van der Waals surface area contributed by atoms with Crippen LogP contribution in [0.1, 0.15) is 42.5 Å². The van der Waals surface area contributed by atoms with E-state index in [2.05, 4.69) is 15.4 Å². The van der Waals surface area contributed by atoms with E-state index in [0.717, 1.165) is 60.9 Å². The highest BCUT2D eigenvalue weighted by Crippen LogP contribution is 2.44. The van der Waals surface area contributed by atoms with Gasteiger partial charge in [0.2, 0.25) is 0 Å². The van der Waals surface area contributed by atoms with Crippen molar-refractivity contribution < 1.29 is 4.39 Å². The second-order valence-electron chi connectivity index (χ2n) is 7.66. The van der Waals surface area contributed by atoms with Gasteiger partial charge in [-0.05, 0) is 62.6 Å². The minimum atomic E-state index is -0.187. The molecule has 2 aliphatic carbocycles. The maximum absolute atomic E-state index is 14.1. The summed E-state index contributed by atoms with van der Waals surface area (Å²) in [5, 5.41) is 9.07. The summed E-state index contributed by atoms with van der Waals surface area (Å²) < 4.78 is 16.1. The molecule has 0 bridgehead atoms. The van der Waals surface area contributed by atoms with Gasteiger partial charge in [-0.2, -0.15) is 5.10 Å². The molecule has 0 amide bonds. The standard InChI is InChI=1S/C20H22FN5/c1-13-8-15-18(9-16(13)21)25-17-5-3-2-4-14(17)19(15)23-10-20(6-7-20)26-12-22-11-24-26/h8-9,11-12H,2-7,10H2,1H3,(H,23,25). The number of aromatic nitrogens is 4. The Bertz CT molecular complexity index is 976. The quantitative estimate of drug-likeness (QED) is 0.778. The van der Waals surface area contributed by atoms with E-state index in [0.29, 0.717) is 5.56 Å². The molecule has 1 N–H and O–H groups in total. The van der Waals surface area contributed by atoms with Crippen LogP contribution in [0.3, 0.4) is 0 Å². The molecule has 0 atom stereocenters. The van der Waals surface area contributed by atoms with Crippen molar-refractivity contribution in [2.24, 2.45) is 0 Å². The summed E-state index contributed by atoms with van der Waals surface area (Å²) in [5.41, 5.74) is 5.00. The summed E-state index contributed by atoms with van der Waals surface area (Å²) in [6.07, 6.45) is 9.94. The molecule has 0 saturated heterocycles. The summed E-state index contributed by atoms with van der Waals surface area (Å²) in [5.74, 6) is -0.187. The second-order valence-corrected chi connectivity index (χ2v) is 7.66. The average molecular weight is 351 g/mol. The Hall–Kier alpha value is -2.50. The smallest absolute Gasteiger partial charge is 0.137 e. The Labute approximate surface area is 151 Å². The molecule has 2 aromatic heterocycles. The van der Waals surface area contributed by atoms with E-state index in [1.807, 2.05) is 17.7 Å². The number of nitrogens with zero attached hydrogens (tertiary/aromatic N) is 4. The Morgan fingerprint density at radius 2 is 2.08 bits per heavy atom. The summed E-state index contributed by atoms with van der Waals surface area (Å²) in [6, 6.07) is 3.51. The first-order valence-electron chi connectivity index (χ1n) is 9.37. The third-order valence-corrected chi connectivity index (χ3v) is 5.87. The molecule has 2 aliphatic rings. The minimum absolute atomic E-state index is 0.0166. The SMILES string of the molecule is Cc1cc2c(NCC3(n4cncn4)CC3)c3c(nc2cc1F)CCCC3. The normalized spacial score (nSPS) is 17.9. The van der Waals surface area contributed by atoms with E-state index >= 15 is 0 Å². The van der Waals surface area contributed by atoms with Crippen molar-refractivity contribution in [1.29, 1.82) is 0 Å². The number of pyridine rings is 1. The number of hydrogen-bond acceptors (Lipinski definition) is 4. The molecular formula is C20H22FN5. The lowest BCUT2D eigenvalue weighted by atomic mass is 9.92. The molecule has 5 rings (SSSR count). The fourth-order valence-electron chi connectivity index (χ4n) is 4.09. The predicted octanol–water partition coefficient (Wildman–Crippen LogP) is 3.75. The van der Waals surface area contributed by atoms with Crippen LogP contribution in [-0.2, 0) is 18.4 Å². The highest BCUT2D eigenvalue weighted by Gasteiger charge is 2.45. The van der Waals surface area contributed by atoms with E-state index < -0.39 is 0 Å². The Kier molecular flexibility index (Phi) is 3.48. The maximum atomic E-state index is 14.1. The van der Waals surface area contributed by atoms with Gasteiger partial charge in [-0.15, -0.1) is 0 Å². The van der Waals surface area contributed by atoms with Crippen LogP contribution in [0.15, 0.2) is 24.8 Å². The zero-order chi connectivity index (χ0) is 17.7. The van der Waals surface area contributed by atoms with Gasteiger partial charge in [-0.1, -0.05) is 0 Å². The predicted molar refractivity (Wildman–Crippen MR) is 98.8 cm³/mol. The topological polar surface area (TPSA) is 55.6 Å². The number of halogens is 1. The number of anilines is 1. The lowest BCUT2D eigenvalue weighted by Crippen LogP contribution is -2.28. The van der Waals surface area contributed by atoms with Crippen molar-refractivity contribution >= 4 is 16.6 Å². The summed E-state index contributed by atoms with van der Waals surface area (Å²) in [4.78, 5) is 8.88. The summed E-state index contributed by atoms with van der Waals surface area (Å²) in [6.45, 7) is 2.62. The van der Waals surface area contributed by atoms with Gasteiger partial charge in [0, 0.05) is 29.4 Å². The third-order valence-electron chi connectivity index (χ3n) is 5.87. The van der Waals surface area contributed by atoms with Crippen molar-refractivity contribution in [3.63, 3.8) is 0 Å². The first-order valence-corrected chi connectivity index (χ1v) is 9.37. The van der Waals surface area contributed by atoms with Crippen molar-refractivity contribution in [2.45, 2.75) is 51.0 Å². The van der Waals surface area contributed by atoms with Gasteiger partial charge >= 0.3 is 0 Å². The van der Waals surface area contributed by atoms with Crippen LogP contribution in [-0.4, -0.2) is 26.3 Å². The lowest BCUT2D eigenvalue weighted by molar-refractivity contribution is 0.452. The average Bonchev–Trinajstić information content (AvgIpc) is 3.22. The fourth-order valence-corrected chi connectivity index (χ4v) is 4.09. The van der Waals surface area contributed by atoms with Gasteiger partial charge in [0.15, 0.2) is 0 Å². The van der Waals surface area contributed by atoms with Crippen LogP contribution in [0.25, 0.3) is 10.9 Å². The molecule has 0 spiro atoms. The molecule has 0 unspecified atom stereocenters. The second kappa shape index (κ2) is 5.76. The van der Waals surface area contributed by atoms with Crippen LogP contribution in [0.2, 0.25) is 0 Å². The highest BCUT2D eigenvalue weighted by atomic mass is 19.1. The molecule has 134 valence electrons. The first-order chi connectivity index (χ1) is 12.7. The largest absolute Gasteiger partial charge is 0.382 e. The molecule has 1 aromatic carbocycles. The highest BCUT2D eigenvalue weighted by molar-refractivity contribution is 5.94. The van der Waals surface area contributed by atoms with Crippen LogP contribution in [0.4, 0.5) is 10.1 Å². The molecule has 3 aromatic rings. The Morgan fingerprint density at radius 3 is 2.85 bits per heavy atom. The molecule has 0 radical (unpaired) electrons. The first kappa shape index (κ1) is 15.7. The van der Waals surface area contributed by atoms with Crippen LogP contribution in [0.5, 0.6) is 0 Å². The number of rotatable bonds is 4. The lowest BCUT2D eigenvalue weighted by Gasteiger charge is -2.24. The summed E-state index contributed by atoms with van der Waals surface area (Å²) in [7, 11) is 0. The Balaban J connectivity index is 1.58. The fraction of sp³-hybridized carbons (Fsp3) is 0.450. The zero-order valence-electron chi connectivity index (χ0n) is 14.9. The van der Waals surface area contributed by atoms with Crippen molar-refractivity contribution in [3.8, 4) is 0 Å². The third kappa shape index (κ3) is 2.47. The summed E-state index contributed by atoms with van der Waals surface area (Å²) >= 11 is 0. The van der Waals surface area contributed by atoms with E-state index in [9.17, 15) is 4.39 Å². The number of fused-ring (bicyclic) bond motifs is 2. The van der Waals surface area contributed by atoms with Crippen LogP contribution >= 0.6 is 0 Å². The minimum Gasteiger partial charge on any atom is -0.382 e. The van der Waals surface area contributed by atoms with Crippen molar-refractivity contribution in [2.75, 3.05) is 11.9 Å². The number of hydrogen-bond donors (Lipinski definition) is 1. The van der Waals surface area contributed by atoms with Crippen LogP contribution < -0.4 is 5.32 Å². The van der Waals surface area contributed by atoms with Crippen LogP contribution in [0, 0.1) is 12.7 Å². The molecule has 2 heterocycles. The molecule has 1 saturated carbocycles. The zero-order valence-corrected chi connectivity index (χ0v) is 14.9. The molecule has 26 heavy (non-hydrogen) atoms. The monoisotopic (exact) mass is 351 g/mol. The molecule has 5 nitrogen and oxygen atoms in total. The Morgan fingerprint density at radius 1 is 1.23 bits per heavy atom. The number of benzene rings is 1. The van der Waals surface area contributed by atoms with Gasteiger partial charge in [0.1, 0.15) is 18.5 Å². The molecule has 6 heteroatoms. The van der Waals surface area contributed by atoms with Gasteiger partial charge < -0.3 is 5.32 Å².